The van der Waals surface area contributed by atoms with Crippen LogP contribution in [0.25, 0.3) is 0 Å². The van der Waals surface area contributed by atoms with Gasteiger partial charge in [-0.2, -0.15) is 0 Å². The Morgan fingerprint density at radius 1 is 1.22 bits per heavy atom. The summed E-state index contributed by atoms with van der Waals surface area (Å²) in [6.45, 7) is 1.04. The zero-order valence-electron chi connectivity index (χ0n) is 11.5. The highest BCUT2D eigenvalue weighted by Gasteiger charge is 2.04. The fraction of sp³-hybridized carbons (Fsp3) is 0.900. The fourth-order valence-electron chi connectivity index (χ4n) is 0.586. The lowest BCUT2D eigenvalue weighted by molar-refractivity contribution is -0.135. The predicted octanol–water partition coefficient (Wildman–Crippen LogP) is -0.568. The van der Waals surface area contributed by atoms with E-state index in [1.165, 1.54) is 19.3 Å². The van der Waals surface area contributed by atoms with E-state index in [9.17, 15) is 4.79 Å². The maximum Gasteiger partial charge on any atom is 0.483 e. The predicted molar refractivity (Wildman–Crippen MR) is 71.6 cm³/mol. The summed E-state index contributed by atoms with van der Waals surface area (Å²) in [5.74, 6) is -0.849. The molecule has 1 rings (SSSR count). The molecule has 0 aliphatic heterocycles. The molecule has 110 valence electrons. The number of hydrogen-bond donors (Lipinski definition) is 3. The molecule has 4 N–H and O–H groups in total. The lowest BCUT2D eigenvalue weighted by Gasteiger charge is -2.05. The summed E-state index contributed by atoms with van der Waals surface area (Å²) < 4.78 is 14.2. The third-order valence-corrected chi connectivity index (χ3v) is 2.68. The van der Waals surface area contributed by atoms with Crippen LogP contribution in [0.5, 0.6) is 0 Å². The van der Waals surface area contributed by atoms with Crippen molar-refractivity contribution in [3.63, 3.8) is 0 Å². The van der Waals surface area contributed by atoms with E-state index in [0.29, 0.717) is 13.1 Å². The highest BCUT2D eigenvalue weighted by molar-refractivity contribution is 6.36. The molecule has 18 heavy (non-hydrogen) atoms. The number of hydrogen-bond acceptors (Lipinski definition) is 6. The molecule has 8 heteroatoms. The molecule has 0 amide bonds. The minimum atomic E-state index is -1.67. The number of carboxylic acids is 1. The average molecular weight is 282 g/mol. The molecule has 7 nitrogen and oxygen atoms in total. The molecule has 0 radical (unpaired) electrons. The van der Waals surface area contributed by atoms with Gasteiger partial charge in [-0.3, -0.25) is 4.79 Å². The van der Waals surface area contributed by atoms with E-state index in [-0.39, 0.29) is 6.54 Å². The topological polar surface area (TPSA) is 103 Å². The molecule has 1 aliphatic carbocycles. The Bertz CT molecular complexity index is 171. The SMILES string of the molecule is C1CC1.CO[SiH](OC)OC.NCCNCC(=O)O. The van der Waals surface area contributed by atoms with E-state index < -0.39 is 15.5 Å². The zero-order valence-corrected chi connectivity index (χ0v) is 12.6. The van der Waals surface area contributed by atoms with Gasteiger partial charge in [-0.25, -0.2) is 0 Å². The third-order valence-electron chi connectivity index (χ3n) is 1.53. The van der Waals surface area contributed by atoms with Crippen LogP contribution in [0.15, 0.2) is 0 Å². The molecule has 1 fully saturated rings. The van der Waals surface area contributed by atoms with Crippen LogP contribution < -0.4 is 11.1 Å². The van der Waals surface area contributed by atoms with Gasteiger partial charge in [0.2, 0.25) is 0 Å². The van der Waals surface area contributed by atoms with Crippen molar-refractivity contribution >= 4 is 15.5 Å². The first-order valence-corrected chi connectivity index (χ1v) is 7.24. The first-order chi connectivity index (χ1) is 8.62. The van der Waals surface area contributed by atoms with Gasteiger partial charge in [0.25, 0.3) is 0 Å². The summed E-state index contributed by atoms with van der Waals surface area (Å²) in [5, 5.41) is 10.6. The normalized spacial score (nSPS) is 12.1. The Morgan fingerprint density at radius 2 is 1.67 bits per heavy atom. The maximum atomic E-state index is 9.77. The number of aliphatic carboxylic acids is 1. The molecule has 0 heterocycles. The van der Waals surface area contributed by atoms with E-state index in [4.69, 9.17) is 24.1 Å². The second-order valence-electron chi connectivity index (χ2n) is 3.42. The van der Waals surface area contributed by atoms with Crippen LogP contribution in [-0.2, 0) is 18.1 Å². The van der Waals surface area contributed by atoms with Gasteiger partial charge in [-0.15, -0.1) is 0 Å². The van der Waals surface area contributed by atoms with E-state index in [1.807, 2.05) is 0 Å². The summed E-state index contributed by atoms with van der Waals surface area (Å²) in [6.07, 6.45) is 4.50. The Labute approximate surface area is 111 Å². The van der Waals surface area contributed by atoms with E-state index in [0.717, 1.165) is 0 Å². The second kappa shape index (κ2) is 16.5. The lowest BCUT2D eigenvalue weighted by atomic mass is 10.6. The highest BCUT2D eigenvalue weighted by atomic mass is 28.3. The van der Waals surface area contributed by atoms with Crippen molar-refractivity contribution in [2.24, 2.45) is 5.73 Å². The highest BCUT2D eigenvalue weighted by Crippen LogP contribution is 2.14. The first-order valence-electron chi connectivity index (χ1n) is 5.83. The summed E-state index contributed by atoms with van der Waals surface area (Å²) in [7, 11) is 3.05. The van der Waals surface area contributed by atoms with Gasteiger partial charge in [0, 0.05) is 34.4 Å². The minimum Gasteiger partial charge on any atom is -0.480 e. The summed E-state index contributed by atoms with van der Waals surface area (Å²) in [5.41, 5.74) is 5.06. The van der Waals surface area contributed by atoms with Crippen LogP contribution in [0, 0.1) is 0 Å². The second-order valence-corrected chi connectivity index (χ2v) is 5.41. The Kier molecular flexibility index (Phi) is 18.2. The van der Waals surface area contributed by atoms with E-state index in [2.05, 4.69) is 5.32 Å². The van der Waals surface area contributed by atoms with Crippen molar-refractivity contribution in [3.8, 4) is 0 Å². The van der Waals surface area contributed by atoms with Gasteiger partial charge in [0.1, 0.15) is 0 Å². The van der Waals surface area contributed by atoms with Gasteiger partial charge in [-0.05, 0) is 0 Å². The molecule has 1 aliphatic rings. The van der Waals surface area contributed by atoms with Gasteiger partial charge in [0.05, 0.1) is 6.54 Å². The summed E-state index contributed by atoms with van der Waals surface area (Å²) in [4.78, 5) is 9.77. The molecule has 0 saturated heterocycles. The van der Waals surface area contributed by atoms with E-state index >= 15 is 0 Å². The molecule has 0 bridgehead atoms. The molecule has 0 aromatic carbocycles. The molecule has 0 spiro atoms. The van der Waals surface area contributed by atoms with Gasteiger partial charge >= 0.3 is 15.5 Å². The van der Waals surface area contributed by atoms with Crippen LogP contribution in [0.4, 0.5) is 0 Å². The lowest BCUT2D eigenvalue weighted by Crippen LogP contribution is -2.27. The molecule has 0 atom stereocenters. The van der Waals surface area contributed by atoms with Crippen LogP contribution >= 0.6 is 0 Å². The summed E-state index contributed by atoms with van der Waals surface area (Å²) >= 11 is 0. The number of nitrogens with one attached hydrogen (secondary N) is 1. The third kappa shape index (κ3) is 24.6. The standard InChI is InChI=1S/C4H10N2O2.C3H10O3Si.C3H6/c5-1-2-6-3-4(7)8;1-4-7(5-2)6-3;1-2-3-1/h6H,1-3,5H2,(H,7,8);7H,1-3H3;1-3H2. The van der Waals surface area contributed by atoms with Crippen molar-refractivity contribution in [2.45, 2.75) is 19.3 Å². The molecule has 0 aromatic rings. The molecular weight excluding hydrogens is 256 g/mol. The van der Waals surface area contributed by atoms with E-state index in [1.54, 1.807) is 21.3 Å². The van der Waals surface area contributed by atoms with Crippen molar-refractivity contribution in [1.29, 1.82) is 0 Å². The van der Waals surface area contributed by atoms with Gasteiger partial charge < -0.3 is 29.4 Å². The zero-order chi connectivity index (χ0) is 14.2. The smallest absolute Gasteiger partial charge is 0.480 e. The van der Waals surface area contributed by atoms with Crippen molar-refractivity contribution < 1.29 is 23.2 Å². The van der Waals surface area contributed by atoms with Gasteiger partial charge in [-0.1, -0.05) is 19.3 Å². The maximum absolute atomic E-state index is 9.77. The Balaban J connectivity index is 0. The van der Waals surface area contributed by atoms with Crippen LogP contribution in [0.3, 0.4) is 0 Å². The number of carbonyl (C=O) groups is 1. The van der Waals surface area contributed by atoms with Crippen molar-refractivity contribution in [2.75, 3.05) is 41.0 Å². The van der Waals surface area contributed by atoms with Gasteiger partial charge in [0.15, 0.2) is 0 Å². The minimum absolute atomic E-state index is 0.00278. The first kappa shape index (κ1) is 19.8. The number of rotatable bonds is 7. The van der Waals surface area contributed by atoms with Crippen LogP contribution in [0.1, 0.15) is 19.3 Å². The Hall–Kier alpha value is -0.513. The average Bonchev–Trinajstić information content (AvgIpc) is 3.20. The fourth-order valence-corrected chi connectivity index (χ4v) is 1.16. The van der Waals surface area contributed by atoms with Crippen molar-refractivity contribution in [1.82, 2.24) is 5.32 Å². The number of carboxylic acid groups (broad SMARTS) is 1. The molecular formula is C10H26N2O5Si. The Morgan fingerprint density at radius 3 is 1.83 bits per heavy atom. The largest absolute Gasteiger partial charge is 0.483 e. The van der Waals surface area contributed by atoms with Crippen LogP contribution in [-0.4, -0.2) is 61.6 Å². The number of nitrogens with two attached hydrogens (primary N) is 1. The van der Waals surface area contributed by atoms with Crippen LogP contribution in [0.2, 0.25) is 0 Å². The quantitative estimate of drug-likeness (QED) is 0.424. The molecule has 0 unspecified atom stereocenters. The molecule has 0 aromatic heterocycles. The van der Waals surface area contributed by atoms with Crippen molar-refractivity contribution in [3.05, 3.63) is 0 Å². The molecule has 1 saturated carbocycles. The monoisotopic (exact) mass is 282 g/mol. The summed E-state index contributed by atoms with van der Waals surface area (Å²) in [6, 6.07) is 0.